The molecule has 3 atom stereocenters. The van der Waals surface area contributed by atoms with E-state index in [1.54, 1.807) is 6.92 Å². The van der Waals surface area contributed by atoms with Gasteiger partial charge in [-0.15, -0.1) is 0 Å². The number of unbranched alkanes of at least 4 members (excludes halogenated alkanes) is 1. The number of fused-ring (bicyclic) bond motifs is 1. The molecular weight excluding hydrogens is 426 g/mol. The van der Waals surface area contributed by atoms with Gasteiger partial charge in [-0.3, -0.25) is 23.6 Å². The van der Waals surface area contributed by atoms with Crippen molar-refractivity contribution in [1.82, 2.24) is 15.5 Å². The SMILES string of the molecule is CCCN(C(=O)CC)C(=O)CCCC[C@@H]1SC[C@@H]2NC(=O)N[C@@H]21.O=S(O)(O)=S. The van der Waals surface area contributed by atoms with Crippen LogP contribution in [0.1, 0.15) is 52.4 Å². The van der Waals surface area contributed by atoms with E-state index < -0.39 is 9.05 Å². The van der Waals surface area contributed by atoms with Crippen molar-refractivity contribution in [2.45, 2.75) is 69.7 Å². The first-order valence-electron chi connectivity index (χ1n) is 9.28. The molecule has 9 nitrogen and oxygen atoms in total. The maximum atomic E-state index is 12.2. The van der Waals surface area contributed by atoms with Crippen LogP contribution in [0.5, 0.6) is 0 Å². The molecule has 12 heteroatoms. The van der Waals surface area contributed by atoms with E-state index in [1.807, 2.05) is 18.7 Å². The highest BCUT2D eigenvalue weighted by atomic mass is 32.9. The Balaban J connectivity index is 0.000000696. The number of hydrogen-bond donors (Lipinski definition) is 4. The van der Waals surface area contributed by atoms with Crippen LogP contribution >= 0.6 is 11.8 Å². The molecule has 2 saturated heterocycles. The van der Waals surface area contributed by atoms with Gasteiger partial charge in [-0.1, -0.05) is 20.3 Å². The van der Waals surface area contributed by atoms with E-state index in [9.17, 15) is 14.4 Å². The lowest BCUT2D eigenvalue weighted by Crippen LogP contribution is -2.37. The molecule has 4 amide bonds. The summed E-state index contributed by atoms with van der Waals surface area (Å²) in [5.74, 6) is 0.833. The first-order valence-corrected chi connectivity index (χ1v) is 12.7. The zero-order valence-corrected chi connectivity index (χ0v) is 18.5. The topological polar surface area (TPSA) is 136 Å². The molecule has 162 valence electrons. The molecule has 0 spiro atoms. The Labute approximate surface area is 175 Å². The molecule has 2 aliphatic rings. The van der Waals surface area contributed by atoms with Crippen molar-refractivity contribution in [2.24, 2.45) is 0 Å². The summed E-state index contributed by atoms with van der Waals surface area (Å²) in [7, 11) is -3.83. The average molecular weight is 456 g/mol. The Kier molecular flexibility index (Phi) is 10.7. The van der Waals surface area contributed by atoms with Crippen LogP contribution in [0, 0.1) is 0 Å². The van der Waals surface area contributed by atoms with E-state index in [0.717, 1.165) is 31.4 Å². The van der Waals surface area contributed by atoms with Crippen LogP contribution in [0.3, 0.4) is 0 Å². The fraction of sp³-hybridized carbons (Fsp3) is 0.812. The Hall–Kier alpha value is -0.950. The Morgan fingerprint density at radius 2 is 1.89 bits per heavy atom. The number of nitrogens with zero attached hydrogens (tertiary/aromatic N) is 1. The Bertz CT molecular complexity index is 650. The van der Waals surface area contributed by atoms with Crippen molar-refractivity contribution in [3.8, 4) is 0 Å². The molecule has 0 aliphatic carbocycles. The molecule has 0 aromatic carbocycles. The molecule has 28 heavy (non-hydrogen) atoms. The Morgan fingerprint density at radius 1 is 1.25 bits per heavy atom. The predicted molar refractivity (Wildman–Crippen MR) is 112 cm³/mol. The molecule has 0 aromatic heterocycles. The van der Waals surface area contributed by atoms with Gasteiger partial charge in [0.2, 0.25) is 11.8 Å². The number of carbonyl (C=O) groups excluding carboxylic acids is 3. The maximum absolute atomic E-state index is 12.2. The summed E-state index contributed by atoms with van der Waals surface area (Å²) < 4.78 is 24.0. The summed E-state index contributed by atoms with van der Waals surface area (Å²) in [6.07, 6.45) is 4.35. The lowest BCUT2D eigenvalue weighted by atomic mass is 10.0. The number of urea groups is 1. The van der Waals surface area contributed by atoms with E-state index in [2.05, 4.69) is 21.8 Å². The third-order valence-corrected chi connectivity index (χ3v) is 5.93. The number of nitrogens with one attached hydrogen (secondary N) is 2. The van der Waals surface area contributed by atoms with Gasteiger partial charge in [0, 0.05) is 41.6 Å². The quantitative estimate of drug-likeness (QED) is 0.320. The number of thioether (sulfide) groups is 1. The van der Waals surface area contributed by atoms with Crippen LogP contribution < -0.4 is 10.6 Å². The zero-order chi connectivity index (χ0) is 21.3. The van der Waals surface area contributed by atoms with Gasteiger partial charge in [-0.25, -0.2) is 4.79 Å². The van der Waals surface area contributed by atoms with Crippen LogP contribution in [-0.4, -0.2) is 65.7 Å². The second-order valence-electron chi connectivity index (χ2n) is 6.61. The molecule has 2 aliphatic heterocycles. The van der Waals surface area contributed by atoms with Crippen molar-refractivity contribution in [3.05, 3.63) is 0 Å². The van der Waals surface area contributed by atoms with Crippen LogP contribution in [-0.2, 0) is 29.8 Å². The van der Waals surface area contributed by atoms with Gasteiger partial charge in [0.1, 0.15) is 0 Å². The van der Waals surface area contributed by atoms with Gasteiger partial charge in [0.25, 0.3) is 9.05 Å². The Morgan fingerprint density at radius 3 is 2.46 bits per heavy atom. The summed E-state index contributed by atoms with van der Waals surface area (Å²) in [4.78, 5) is 36.7. The fourth-order valence-electron chi connectivity index (χ4n) is 3.20. The van der Waals surface area contributed by atoms with E-state index in [-0.39, 0.29) is 29.9 Å². The summed E-state index contributed by atoms with van der Waals surface area (Å²) in [5, 5.41) is 6.34. The molecule has 2 rings (SSSR count). The van der Waals surface area contributed by atoms with Crippen molar-refractivity contribution in [2.75, 3.05) is 12.3 Å². The summed E-state index contributed by atoms with van der Waals surface area (Å²) in [5.41, 5.74) is 0. The second-order valence-corrected chi connectivity index (χ2v) is 10.1. The molecule has 0 unspecified atom stereocenters. The standard InChI is InChI=1S/C16H27N3O3S.H2O3S2/c1-3-9-19(13(20)4-2)14(21)8-6-5-7-12-15-11(10-23-12)17-16(22)18-15;1-5(2,3)4/h11-12,15H,3-10H2,1-2H3,(H2,17,18,22);(H2,1,2,3,4)/t11-,12-,15-;/m0./s1. The minimum absolute atomic E-state index is 0.0495. The van der Waals surface area contributed by atoms with Crippen molar-refractivity contribution >= 4 is 49.8 Å². The lowest BCUT2D eigenvalue weighted by Gasteiger charge is -2.20. The number of carbonyl (C=O) groups is 3. The lowest BCUT2D eigenvalue weighted by molar-refractivity contribution is -0.144. The highest BCUT2D eigenvalue weighted by Crippen LogP contribution is 2.33. The summed E-state index contributed by atoms with van der Waals surface area (Å²) in [6, 6.07) is 0.413. The van der Waals surface area contributed by atoms with Gasteiger partial charge >= 0.3 is 6.03 Å². The largest absolute Gasteiger partial charge is 0.332 e. The zero-order valence-electron chi connectivity index (χ0n) is 16.1. The number of hydrogen-bond acceptors (Lipinski definition) is 6. The third kappa shape index (κ3) is 9.03. The smallest absolute Gasteiger partial charge is 0.315 e. The first kappa shape index (κ1) is 25.1. The first-order chi connectivity index (χ1) is 13.1. The predicted octanol–water partition coefficient (Wildman–Crippen LogP) is 1.57. The van der Waals surface area contributed by atoms with Crippen LogP contribution in [0.25, 0.3) is 0 Å². The van der Waals surface area contributed by atoms with Gasteiger partial charge in [0.15, 0.2) is 0 Å². The summed E-state index contributed by atoms with van der Waals surface area (Å²) >= 11 is 5.36. The fourth-order valence-corrected chi connectivity index (χ4v) is 4.75. The van der Waals surface area contributed by atoms with E-state index in [1.165, 1.54) is 4.90 Å². The molecule has 4 N–H and O–H groups in total. The van der Waals surface area contributed by atoms with E-state index >= 15 is 0 Å². The number of rotatable bonds is 8. The molecule has 0 saturated carbocycles. The van der Waals surface area contributed by atoms with E-state index in [0.29, 0.717) is 24.6 Å². The summed E-state index contributed by atoms with van der Waals surface area (Å²) in [6.45, 7) is 4.28. The molecule has 0 radical (unpaired) electrons. The van der Waals surface area contributed by atoms with Crippen LogP contribution in [0.2, 0.25) is 0 Å². The molecule has 0 aromatic rings. The maximum Gasteiger partial charge on any atom is 0.315 e. The molecule has 2 heterocycles. The second kappa shape index (κ2) is 11.9. The monoisotopic (exact) mass is 455 g/mol. The van der Waals surface area contributed by atoms with Crippen LogP contribution in [0.15, 0.2) is 0 Å². The van der Waals surface area contributed by atoms with E-state index in [4.69, 9.17) is 13.3 Å². The van der Waals surface area contributed by atoms with Crippen molar-refractivity contribution < 1.29 is 27.7 Å². The normalized spacial score (nSPS) is 23.1. The van der Waals surface area contributed by atoms with Crippen LogP contribution in [0.4, 0.5) is 4.79 Å². The molecule has 0 bridgehead atoms. The highest BCUT2D eigenvalue weighted by Gasteiger charge is 2.42. The molecule has 2 fully saturated rings. The van der Waals surface area contributed by atoms with Crippen molar-refractivity contribution in [1.29, 1.82) is 0 Å². The molecular formula is C16H29N3O6S3. The average Bonchev–Trinajstić information content (AvgIpc) is 3.13. The third-order valence-electron chi connectivity index (χ3n) is 4.42. The van der Waals surface area contributed by atoms with Gasteiger partial charge in [-0.2, -0.15) is 16.0 Å². The minimum Gasteiger partial charge on any atom is -0.332 e. The van der Waals surface area contributed by atoms with Gasteiger partial charge in [0.05, 0.1) is 12.1 Å². The minimum atomic E-state index is -3.83. The highest BCUT2D eigenvalue weighted by molar-refractivity contribution is 8.26. The van der Waals surface area contributed by atoms with Gasteiger partial charge < -0.3 is 10.6 Å². The van der Waals surface area contributed by atoms with Crippen molar-refractivity contribution in [3.63, 3.8) is 0 Å². The van der Waals surface area contributed by atoms with Gasteiger partial charge in [-0.05, 0) is 19.3 Å². The number of amides is 4. The number of imide groups is 1.